The molecule has 0 fully saturated rings. The molecule has 0 aliphatic carbocycles. The smallest absolute Gasteiger partial charge is 0.288 e. The first-order chi connectivity index (χ1) is 7.97. The van der Waals surface area contributed by atoms with Crippen molar-refractivity contribution in [3.63, 3.8) is 0 Å². The van der Waals surface area contributed by atoms with Crippen molar-refractivity contribution in [2.75, 3.05) is 6.61 Å². The normalized spacial score (nSPS) is 12.5. The molecule has 7 heteroatoms. The number of nitro groups is 1. The Hall–Kier alpha value is -1.24. The molecule has 5 nitrogen and oxygen atoms in total. The maximum absolute atomic E-state index is 13.4. The van der Waals surface area contributed by atoms with Crippen molar-refractivity contribution in [1.82, 2.24) is 0 Å². The molecule has 0 saturated carbocycles. The zero-order valence-corrected chi connectivity index (χ0v) is 9.52. The van der Waals surface area contributed by atoms with Gasteiger partial charge in [0.15, 0.2) is 0 Å². The predicted molar refractivity (Wildman–Crippen MR) is 59.3 cm³/mol. The van der Waals surface area contributed by atoms with Crippen LogP contribution in [0.5, 0.6) is 0 Å². The number of nitrogens with zero attached hydrogens (tertiary/aromatic N) is 1. The lowest BCUT2D eigenvalue weighted by molar-refractivity contribution is -0.384. The number of hydrogen-bond donors (Lipinski definition) is 2. The summed E-state index contributed by atoms with van der Waals surface area (Å²) in [6, 6.07) is 1.72. The largest absolute Gasteiger partial charge is 0.396 e. The Balaban J connectivity index is 3.06. The highest BCUT2D eigenvalue weighted by atomic mass is 35.5. The predicted octanol–water partition coefficient (Wildman–Crippen LogP) is 2.19. The van der Waals surface area contributed by atoms with E-state index in [9.17, 15) is 19.6 Å². The van der Waals surface area contributed by atoms with Crippen molar-refractivity contribution in [1.29, 1.82) is 0 Å². The molecule has 0 amide bonds. The van der Waals surface area contributed by atoms with Crippen LogP contribution in [0.4, 0.5) is 10.1 Å². The Bertz CT molecular complexity index is 427. The highest BCUT2D eigenvalue weighted by Crippen LogP contribution is 2.31. The monoisotopic (exact) mass is 263 g/mol. The lowest BCUT2D eigenvalue weighted by Crippen LogP contribution is -2.03. The number of halogens is 2. The standard InChI is InChI=1S/C10H11ClFNO4/c11-7-5-8(12)6(4-9(7)13(16)17)10(15)2-1-3-14/h4-5,10,14-15H,1-3H2/t10-/m0/s1. The second kappa shape index (κ2) is 5.90. The van der Waals surface area contributed by atoms with Crippen molar-refractivity contribution in [3.05, 3.63) is 38.7 Å². The zero-order valence-electron chi connectivity index (χ0n) is 8.77. The minimum absolute atomic E-state index is 0.117. The van der Waals surface area contributed by atoms with Crippen LogP contribution >= 0.6 is 11.6 Å². The summed E-state index contributed by atoms with van der Waals surface area (Å²) in [6.45, 7) is -0.144. The van der Waals surface area contributed by atoms with E-state index in [1.54, 1.807) is 0 Å². The van der Waals surface area contributed by atoms with Crippen LogP contribution in [0.15, 0.2) is 12.1 Å². The van der Waals surface area contributed by atoms with Crippen LogP contribution in [0.1, 0.15) is 24.5 Å². The fraction of sp³-hybridized carbons (Fsp3) is 0.400. The molecule has 0 radical (unpaired) electrons. The van der Waals surface area contributed by atoms with Crippen LogP contribution in [0.2, 0.25) is 5.02 Å². The third kappa shape index (κ3) is 3.36. The third-order valence-electron chi connectivity index (χ3n) is 2.26. The molecule has 1 aromatic rings. The molecule has 0 aliphatic rings. The van der Waals surface area contributed by atoms with Crippen LogP contribution in [0.3, 0.4) is 0 Å². The van der Waals surface area contributed by atoms with Crippen LogP contribution in [-0.4, -0.2) is 21.7 Å². The van der Waals surface area contributed by atoms with Crippen LogP contribution in [0, 0.1) is 15.9 Å². The molecule has 1 atom stereocenters. The van der Waals surface area contributed by atoms with Crippen LogP contribution in [-0.2, 0) is 0 Å². The molecule has 0 heterocycles. The zero-order chi connectivity index (χ0) is 13.0. The fourth-order valence-corrected chi connectivity index (χ4v) is 1.61. The molecule has 1 aromatic carbocycles. The van der Waals surface area contributed by atoms with E-state index >= 15 is 0 Å². The SMILES string of the molecule is O=[N+]([O-])c1cc([C@@H](O)CCCO)c(F)cc1Cl. The molecule has 0 unspecified atom stereocenters. The van der Waals surface area contributed by atoms with Gasteiger partial charge in [0.1, 0.15) is 10.8 Å². The van der Waals surface area contributed by atoms with E-state index in [1.165, 1.54) is 0 Å². The molecule has 17 heavy (non-hydrogen) atoms. The van der Waals surface area contributed by atoms with E-state index in [1.807, 2.05) is 0 Å². The van der Waals surface area contributed by atoms with Crippen LogP contribution in [0.25, 0.3) is 0 Å². The molecule has 0 bridgehead atoms. The summed E-state index contributed by atoms with van der Waals surface area (Å²) in [7, 11) is 0. The van der Waals surface area contributed by atoms with Gasteiger partial charge in [-0.2, -0.15) is 0 Å². The van der Waals surface area contributed by atoms with Crippen molar-refractivity contribution in [3.8, 4) is 0 Å². The number of nitro benzene ring substituents is 1. The highest BCUT2D eigenvalue weighted by Gasteiger charge is 2.21. The van der Waals surface area contributed by atoms with Crippen molar-refractivity contribution >= 4 is 17.3 Å². The van der Waals surface area contributed by atoms with Gasteiger partial charge in [-0.3, -0.25) is 10.1 Å². The Labute approximate surface area is 102 Å². The molecule has 1 rings (SSSR count). The minimum atomic E-state index is -1.20. The quantitative estimate of drug-likeness (QED) is 0.630. The average Bonchev–Trinajstić information content (AvgIpc) is 2.25. The number of rotatable bonds is 5. The van der Waals surface area contributed by atoms with E-state index in [4.69, 9.17) is 16.7 Å². The summed E-state index contributed by atoms with van der Waals surface area (Å²) < 4.78 is 13.4. The van der Waals surface area contributed by atoms with Crippen molar-refractivity contribution < 1.29 is 19.5 Å². The summed E-state index contributed by atoms with van der Waals surface area (Å²) in [5.74, 6) is -0.800. The first-order valence-electron chi connectivity index (χ1n) is 4.89. The molecule has 0 aliphatic heterocycles. The van der Waals surface area contributed by atoms with Gasteiger partial charge in [-0.1, -0.05) is 11.6 Å². The lowest BCUT2D eigenvalue weighted by Gasteiger charge is -2.11. The topological polar surface area (TPSA) is 83.6 Å². The van der Waals surface area contributed by atoms with Crippen molar-refractivity contribution in [2.24, 2.45) is 0 Å². The summed E-state index contributed by atoms with van der Waals surface area (Å²) >= 11 is 5.50. The second-order valence-corrected chi connectivity index (χ2v) is 3.87. The van der Waals surface area contributed by atoms with Gasteiger partial charge in [-0.25, -0.2) is 4.39 Å². The summed E-state index contributed by atoms with van der Waals surface area (Å²) in [4.78, 5) is 9.85. The van der Waals surface area contributed by atoms with E-state index in [2.05, 4.69) is 0 Å². The molecule has 0 saturated heterocycles. The van der Waals surface area contributed by atoms with E-state index in [0.29, 0.717) is 0 Å². The van der Waals surface area contributed by atoms with Gasteiger partial charge < -0.3 is 10.2 Å². The average molecular weight is 264 g/mol. The summed E-state index contributed by atoms with van der Waals surface area (Å²) in [5, 5.41) is 28.5. The fourth-order valence-electron chi connectivity index (χ4n) is 1.39. The Morgan fingerprint density at radius 2 is 2.18 bits per heavy atom. The Morgan fingerprint density at radius 3 is 2.71 bits per heavy atom. The first kappa shape index (κ1) is 13.8. The van der Waals surface area contributed by atoms with Gasteiger partial charge in [-0.05, 0) is 18.9 Å². The van der Waals surface area contributed by atoms with E-state index in [0.717, 1.165) is 12.1 Å². The maximum atomic E-state index is 13.4. The van der Waals surface area contributed by atoms with Gasteiger partial charge in [0.2, 0.25) is 0 Å². The van der Waals surface area contributed by atoms with Crippen LogP contribution < -0.4 is 0 Å². The molecular formula is C10H11ClFNO4. The van der Waals surface area contributed by atoms with E-state index < -0.39 is 22.5 Å². The molecule has 94 valence electrons. The number of aliphatic hydroxyl groups excluding tert-OH is 2. The Morgan fingerprint density at radius 1 is 1.53 bits per heavy atom. The lowest BCUT2D eigenvalue weighted by atomic mass is 10.0. The number of aliphatic hydroxyl groups is 2. The summed E-state index contributed by atoms with van der Waals surface area (Å²) in [5.41, 5.74) is -0.638. The van der Waals surface area contributed by atoms with Gasteiger partial charge in [0, 0.05) is 18.2 Å². The van der Waals surface area contributed by atoms with Gasteiger partial charge in [-0.15, -0.1) is 0 Å². The highest BCUT2D eigenvalue weighted by molar-refractivity contribution is 6.32. The summed E-state index contributed by atoms with van der Waals surface area (Å²) in [6.07, 6.45) is -0.804. The van der Waals surface area contributed by atoms with E-state index in [-0.39, 0.29) is 30.0 Å². The molecular weight excluding hydrogens is 253 g/mol. The van der Waals surface area contributed by atoms with Gasteiger partial charge in [0.25, 0.3) is 5.69 Å². The second-order valence-electron chi connectivity index (χ2n) is 3.46. The van der Waals surface area contributed by atoms with Crippen molar-refractivity contribution in [2.45, 2.75) is 18.9 Å². The van der Waals surface area contributed by atoms with Gasteiger partial charge >= 0.3 is 0 Å². The molecule has 0 aromatic heterocycles. The third-order valence-corrected chi connectivity index (χ3v) is 2.56. The maximum Gasteiger partial charge on any atom is 0.288 e. The van der Waals surface area contributed by atoms with Gasteiger partial charge in [0.05, 0.1) is 11.0 Å². The number of benzene rings is 1. The number of hydrogen-bond acceptors (Lipinski definition) is 4. The molecule has 2 N–H and O–H groups in total. The Kier molecular flexibility index (Phi) is 4.80. The first-order valence-corrected chi connectivity index (χ1v) is 5.27. The molecule has 0 spiro atoms. The minimum Gasteiger partial charge on any atom is -0.396 e.